The van der Waals surface area contributed by atoms with E-state index in [1.54, 1.807) is 0 Å². The van der Waals surface area contributed by atoms with Crippen molar-refractivity contribution in [2.75, 3.05) is 6.54 Å². The van der Waals surface area contributed by atoms with E-state index >= 15 is 0 Å². The van der Waals surface area contributed by atoms with Crippen LogP contribution in [-0.2, 0) is 10.2 Å². The summed E-state index contributed by atoms with van der Waals surface area (Å²) in [4.78, 5) is 13.0. The van der Waals surface area contributed by atoms with Gasteiger partial charge >= 0.3 is 0 Å². The van der Waals surface area contributed by atoms with Crippen LogP contribution in [0.15, 0.2) is 24.3 Å². The van der Waals surface area contributed by atoms with Gasteiger partial charge in [0.1, 0.15) is 0 Å². The molecule has 23 heavy (non-hydrogen) atoms. The number of benzene rings is 1. The maximum absolute atomic E-state index is 13.0. The summed E-state index contributed by atoms with van der Waals surface area (Å²) >= 11 is 5.99. The van der Waals surface area contributed by atoms with E-state index < -0.39 is 5.41 Å². The van der Waals surface area contributed by atoms with Gasteiger partial charge in [-0.1, -0.05) is 37.6 Å². The summed E-state index contributed by atoms with van der Waals surface area (Å²) in [7, 11) is 0. The molecule has 5 heteroatoms. The Bertz CT molecular complexity index is 500. The third kappa shape index (κ3) is 4.62. The Morgan fingerprint density at radius 3 is 2.43 bits per heavy atom. The van der Waals surface area contributed by atoms with E-state index in [1.807, 2.05) is 24.3 Å². The van der Waals surface area contributed by atoms with E-state index in [4.69, 9.17) is 11.6 Å². The minimum Gasteiger partial charge on any atom is -0.352 e. The first kappa shape index (κ1) is 20.3. The number of rotatable bonds is 5. The van der Waals surface area contributed by atoms with Crippen molar-refractivity contribution in [3.05, 3.63) is 34.9 Å². The fraction of sp³-hybridized carbons (Fsp3) is 0.611. The highest BCUT2D eigenvalue weighted by Gasteiger charge is 2.38. The van der Waals surface area contributed by atoms with Gasteiger partial charge in [-0.15, -0.1) is 12.4 Å². The number of carbonyl (C=O) groups is 1. The van der Waals surface area contributed by atoms with Crippen molar-refractivity contribution in [3.8, 4) is 0 Å². The quantitative estimate of drug-likeness (QED) is 0.832. The molecular formula is C18H28Cl2N2O. The molecule has 2 rings (SSSR count). The second kappa shape index (κ2) is 8.91. The second-order valence-electron chi connectivity index (χ2n) is 6.35. The van der Waals surface area contributed by atoms with Gasteiger partial charge in [0.2, 0.25) is 5.91 Å². The van der Waals surface area contributed by atoms with Gasteiger partial charge in [-0.05, 0) is 56.8 Å². The molecule has 3 nitrogen and oxygen atoms in total. The number of halogens is 2. The molecule has 0 aromatic heterocycles. The lowest BCUT2D eigenvalue weighted by molar-refractivity contribution is -0.128. The summed E-state index contributed by atoms with van der Waals surface area (Å²) in [6.07, 6.45) is 3.57. The summed E-state index contributed by atoms with van der Waals surface area (Å²) in [5.74, 6) is 0.152. The highest BCUT2D eigenvalue weighted by molar-refractivity contribution is 6.30. The molecule has 1 aliphatic heterocycles. The third-order valence-electron chi connectivity index (χ3n) is 5.00. The summed E-state index contributed by atoms with van der Waals surface area (Å²) in [6, 6.07) is 8.45. The van der Waals surface area contributed by atoms with Crippen LogP contribution >= 0.6 is 24.0 Å². The molecule has 0 aliphatic carbocycles. The van der Waals surface area contributed by atoms with Crippen LogP contribution in [0.3, 0.4) is 0 Å². The van der Waals surface area contributed by atoms with Crippen molar-refractivity contribution in [2.24, 2.45) is 0 Å². The molecule has 1 heterocycles. The Balaban J connectivity index is 0.00000264. The molecule has 1 aliphatic rings. The predicted octanol–water partition coefficient (Wildman–Crippen LogP) is 4.08. The Kier molecular flexibility index (Phi) is 7.85. The van der Waals surface area contributed by atoms with E-state index in [9.17, 15) is 4.79 Å². The van der Waals surface area contributed by atoms with Crippen molar-refractivity contribution >= 4 is 29.9 Å². The van der Waals surface area contributed by atoms with E-state index in [0.29, 0.717) is 11.1 Å². The maximum Gasteiger partial charge on any atom is 0.230 e. The average molecular weight is 359 g/mol. The predicted molar refractivity (Wildman–Crippen MR) is 99.6 cm³/mol. The van der Waals surface area contributed by atoms with Gasteiger partial charge < -0.3 is 10.6 Å². The van der Waals surface area contributed by atoms with Crippen LogP contribution in [-0.4, -0.2) is 24.5 Å². The Hall–Kier alpha value is -0.770. The van der Waals surface area contributed by atoms with Gasteiger partial charge in [0, 0.05) is 17.1 Å². The van der Waals surface area contributed by atoms with Crippen molar-refractivity contribution in [1.29, 1.82) is 0 Å². The first-order valence-electron chi connectivity index (χ1n) is 8.32. The number of nitrogens with one attached hydrogen (secondary N) is 2. The van der Waals surface area contributed by atoms with Crippen LogP contribution in [0.25, 0.3) is 0 Å². The van der Waals surface area contributed by atoms with Crippen molar-refractivity contribution in [1.82, 2.24) is 10.6 Å². The fourth-order valence-corrected chi connectivity index (χ4v) is 3.59. The standard InChI is InChI=1S/C18H27ClN2O.ClH/c1-4-18(5-2,14-6-8-15(19)9-7-14)17(22)21-16-10-11-20-13(3)12-16;/h6-9,13,16,20H,4-5,10-12H2,1-3H3,(H,21,22);1H. The van der Waals surface area contributed by atoms with Gasteiger partial charge in [-0.25, -0.2) is 0 Å². The third-order valence-corrected chi connectivity index (χ3v) is 5.25. The van der Waals surface area contributed by atoms with Gasteiger partial charge in [-0.3, -0.25) is 4.79 Å². The zero-order chi connectivity index (χ0) is 16.2. The molecule has 2 atom stereocenters. The molecule has 0 saturated carbocycles. The number of amides is 1. The second-order valence-corrected chi connectivity index (χ2v) is 6.78. The summed E-state index contributed by atoms with van der Waals surface area (Å²) in [5, 5.41) is 7.42. The molecule has 1 aromatic rings. The summed E-state index contributed by atoms with van der Waals surface area (Å²) in [5.41, 5.74) is 0.597. The molecule has 0 bridgehead atoms. The smallest absolute Gasteiger partial charge is 0.230 e. The topological polar surface area (TPSA) is 41.1 Å². The summed E-state index contributed by atoms with van der Waals surface area (Å²) < 4.78 is 0. The minimum atomic E-state index is -0.460. The van der Waals surface area contributed by atoms with Gasteiger partial charge in [0.05, 0.1) is 5.41 Å². The van der Waals surface area contributed by atoms with Crippen molar-refractivity contribution < 1.29 is 4.79 Å². The Morgan fingerprint density at radius 1 is 1.30 bits per heavy atom. The van der Waals surface area contributed by atoms with E-state index in [1.165, 1.54) is 0 Å². The zero-order valence-corrected chi connectivity index (χ0v) is 15.8. The van der Waals surface area contributed by atoms with E-state index in [2.05, 4.69) is 31.4 Å². The van der Waals surface area contributed by atoms with Crippen LogP contribution in [0, 0.1) is 0 Å². The molecule has 2 unspecified atom stereocenters. The lowest BCUT2D eigenvalue weighted by Crippen LogP contribution is -2.52. The number of hydrogen-bond acceptors (Lipinski definition) is 2. The van der Waals surface area contributed by atoms with E-state index in [-0.39, 0.29) is 24.4 Å². The first-order valence-corrected chi connectivity index (χ1v) is 8.70. The fourth-order valence-electron chi connectivity index (χ4n) is 3.47. The monoisotopic (exact) mass is 358 g/mol. The van der Waals surface area contributed by atoms with Crippen LogP contribution in [0.2, 0.25) is 5.02 Å². The average Bonchev–Trinajstić information content (AvgIpc) is 2.51. The van der Waals surface area contributed by atoms with Gasteiger partial charge in [0.25, 0.3) is 0 Å². The van der Waals surface area contributed by atoms with Crippen molar-refractivity contribution in [2.45, 2.75) is 64.0 Å². The molecule has 1 amide bonds. The molecule has 2 N–H and O–H groups in total. The maximum atomic E-state index is 13.0. The molecule has 0 spiro atoms. The van der Waals surface area contributed by atoms with E-state index in [0.717, 1.165) is 37.8 Å². The zero-order valence-electron chi connectivity index (χ0n) is 14.2. The summed E-state index contributed by atoms with van der Waals surface area (Å²) in [6.45, 7) is 7.31. The molecule has 0 radical (unpaired) electrons. The number of piperidine rings is 1. The number of carbonyl (C=O) groups excluding carboxylic acids is 1. The highest BCUT2D eigenvalue weighted by atomic mass is 35.5. The Morgan fingerprint density at radius 2 is 1.91 bits per heavy atom. The SMILES string of the molecule is CCC(CC)(C(=O)NC1CCNC(C)C1)c1ccc(Cl)cc1.Cl. The normalized spacial score (nSPS) is 21.4. The van der Waals surface area contributed by atoms with Gasteiger partial charge in [0.15, 0.2) is 0 Å². The minimum absolute atomic E-state index is 0. The van der Waals surface area contributed by atoms with Crippen LogP contribution in [0.5, 0.6) is 0 Å². The van der Waals surface area contributed by atoms with Crippen molar-refractivity contribution in [3.63, 3.8) is 0 Å². The number of hydrogen-bond donors (Lipinski definition) is 2. The highest BCUT2D eigenvalue weighted by Crippen LogP contribution is 2.33. The lowest BCUT2D eigenvalue weighted by atomic mass is 9.74. The van der Waals surface area contributed by atoms with Gasteiger partial charge in [-0.2, -0.15) is 0 Å². The molecule has 130 valence electrons. The van der Waals surface area contributed by atoms with Crippen LogP contribution in [0.1, 0.15) is 52.0 Å². The lowest BCUT2D eigenvalue weighted by Gasteiger charge is -2.35. The molecular weight excluding hydrogens is 331 g/mol. The van der Waals surface area contributed by atoms with Crippen LogP contribution in [0.4, 0.5) is 0 Å². The largest absolute Gasteiger partial charge is 0.352 e. The molecule has 1 saturated heterocycles. The molecule has 1 aromatic carbocycles. The first-order chi connectivity index (χ1) is 10.5. The Labute approximate surface area is 151 Å². The molecule has 1 fully saturated rings. The van der Waals surface area contributed by atoms with Crippen LogP contribution < -0.4 is 10.6 Å².